The molecule has 1 atom stereocenters. The van der Waals surface area contributed by atoms with Crippen molar-refractivity contribution in [3.8, 4) is 0 Å². The quantitative estimate of drug-likeness (QED) is 0.554. The largest absolute Gasteiger partial charge is 0.333 e. The maximum absolute atomic E-state index is 13.9. The summed E-state index contributed by atoms with van der Waals surface area (Å²) in [4.78, 5) is 15.6. The van der Waals surface area contributed by atoms with Crippen LogP contribution >= 0.6 is 0 Å². The van der Waals surface area contributed by atoms with Crippen LogP contribution in [-0.2, 0) is 21.4 Å². The molecule has 0 N–H and O–H groups in total. The van der Waals surface area contributed by atoms with Crippen molar-refractivity contribution in [1.29, 1.82) is 0 Å². The summed E-state index contributed by atoms with van der Waals surface area (Å²) in [6.07, 6.45) is -0.0806. The third kappa shape index (κ3) is 5.55. The number of hydrazone groups is 1. The Kier molecular flexibility index (Phi) is 6.99. The van der Waals surface area contributed by atoms with E-state index in [2.05, 4.69) is 5.10 Å². The average molecular weight is 504 g/mol. The first kappa shape index (κ1) is 25.3. The second-order valence-corrected chi connectivity index (χ2v) is 11.5. The summed E-state index contributed by atoms with van der Waals surface area (Å²) < 4.78 is 55.6. The van der Waals surface area contributed by atoms with Gasteiger partial charge in [-0.15, -0.1) is 0 Å². The van der Waals surface area contributed by atoms with Gasteiger partial charge in [0.05, 0.1) is 4.90 Å². The van der Waals surface area contributed by atoms with Crippen LogP contribution in [0.2, 0.25) is 0 Å². The van der Waals surface area contributed by atoms with Crippen molar-refractivity contribution in [2.45, 2.75) is 82.3 Å². The number of sulfonamides is 1. The number of carbonyl (C=O) groups is 1. The molecule has 2 aromatic carbocycles. The molecule has 1 amide bonds. The molecular weight excluding hydrogens is 472 g/mol. The fourth-order valence-electron chi connectivity index (χ4n) is 4.66. The zero-order chi connectivity index (χ0) is 25.4. The average Bonchev–Trinajstić information content (AvgIpc) is 3.21. The lowest BCUT2D eigenvalue weighted by Crippen LogP contribution is -2.51. The highest BCUT2D eigenvalue weighted by Crippen LogP contribution is 2.37. The lowest BCUT2D eigenvalue weighted by atomic mass is 9.90. The number of rotatable bonds is 6. The van der Waals surface area contributed by atoms with Gasteiger partial charge in [-0.25, -0.2) is 8.78 Å². The van der Waals surface area contributed by atoms with Crippen LogP contribution in [0.25, 0.3) is 0 Å². The molecule has 6 nitrogen and oxygen atoms in total. The van der Waals surface area contributed by atoms with Crippen LogP contribution in [0.4, 0.5) is 8.78 Å². The van der Waals surface area contributed by atoms with Crippen molar-refractivity contribution >= 4 is 21.6 Å². The van der Waals surface area contributed by atoms with Gasteiger partial charge in [-0.05, 0) is 51.3 Å². The van der Waals surface area contributed by atoms with Crippen molar-refractivity contribution in [1.82, 2.24) is 9.31 Å². The first-order chi connectivity index (χ1) is 16.5. The number of benzene rings is 2. The van der Waals surface area contributed by atoms with Crippen LogP contribution in [0.1, 0.15) is 55.7 Å². The van der Waals surface area contributed by atoms with E-state index < -0.39 is 33.9 Å². The Morgan fingerprint density at radius 2 is 1.54 bits per heavy atom. The monoisotopic (exact) mass is 503 g/mol. The topological polar surface area (TPSA) is 70.0 Å². The van der Waals surface area contributed by atoms with Crippen molar-refractivity contribution in [2.75, 3.05) is 0 Å². The normalized spacial score (nSPS) is 20.5. The molecule has 4 rings (SSSR count). The minimum Gasteiger partial charge on any atom is -0.333 e. The second kappa shape index (κ2) is 9.68. The Hall–Kier alpha value is -2.81. The molecule has 0 bridgehead atoms. The molecule has 9 heteroatoms. The van der Waals surface area contributed by atoms with Gasteiger partial charge < -0.3 is 4.90 Å². The molecule has 1 aliphatic heterocycles. The molecule has 0 saturated heterocycles. The van der Waals surface area contributed by atoms with E-state index in [1.807, 2.05) is 38.1 Å². The molecule has 1 unspecified atom stereocenters. The molecule has 1 aliphatic carbocycles. The Balaban J connectivity index is 1.65. The molecule has 188 valence electrons. The SMILES string of the molecule is CC1=NN(S(=O)(=O)c2ccc(C)cc2)C(C(=O)N(Cc2ccc(C)cc2)C2CCC(F)(F)CC2)C1. The van der Waals surface area contributed by atoms with Crippen molar-refractivity contribution < 1.29 is 22.0 Å². The molecular formula is C26H31F2N3O3S. The number of halogens is 2. The number of amides is 1. The summed E-state index contributed by atoms with van der Waals surface area (Å²) in [5.74, 6) is -3.14. The molecule has 0 spiro atoms. The van der Waals surface area contributed by atoms with Gasteiger partial charge >= 0.3 is 0 Å². The van der Waals surface area contributed by atoms with E-state index in [4.69, 9.17) is 0 Å². The van der Waals surface area contributed by atoms with Gasteiger partial charge in [-0.1, -0.05) is 47.5 Å². The molecule has 1 fully saturated rings. The fraction of sp³-hybridized carbons (Fsp3) is 0.462. The van der Waals surface area contributed by atoms with Gasteiger partial charge in [-0.3, -0.25) is 4.79 Å². The van der Waals surface area contributed by atoms with Crippen LogP contribution < -0.4 is 0 Å². The molecule has 2 aliphatic rings. The van der Waals surface area contributed by atoms with E-state index in [1.54, 1.807) is 24.0 Å². The molecule has 0 aromatic heterocycles. The van der Waals surface area contributed by atoms with Gasteiger partial charge in [-0.2, -0.15) is 17.9 Å². The van der Waals surface area contributed by atoms with Crippen molar-refractivity contribution in [3.05, 3.63) is 65.2 Å². The first-order valence-electron chi connectivity index (χ1n) is 11.9. The molecule has 1 heterocycles. The smallest absolute Gasteiger partial charge is 0.279 e. The van der Waals surface area contributed by atoms with Crippen LogP contribution in [0.15, 0.2) is 58.5 Å². The van der Waals surface area contributed by atoms with E-state index >= 15 is 0 Å². The standard InChI is InChI=1S/C26H31F2N3O3S/c1-18-4-8-21(9-5-18)17-30(22-12-14-26(27,28)15-13-22)25(32)24-16-20(3)29-31(24)35(33,34)23-10-6-19(2)7-11-23/h4-11,22,24H,12-17H2,1-3H3. The van der Waals surface area contributed by atoms with Gasteiger partial charge in [0.25, 0.3) is 10.0 Å². The lowest BCUT2D eigenvalue weighted by Gasteiger charge is -2.39. The molecule has 2 aromatic rings. The Morgan fingerprint density at radius 3 is 2.11 bits per heavy atom. The third-order valence-corrected chi connectivity index (χ3v) is 8.46. The third-order valence-electron chi connectivity index (χ3n) is 6.76. The number of nitrogens with zero attached hydrogens (tertiary/aromatic N) is 3. The van der Waals surface area contributed by atoms with Gasteiger partial charge in [0, 0.05) is 37.6 Å². The van der Waals surface area contributed by atoms with E-state index in [0.29, 0.717) is 5.71 Å². The van der Waals surface area contributed by atoms with Crippen molar-refractivity contribution in [3.63, 3.8) is 0 Å². The Morgan fingerprint density at radius 1 is 1.00 bits per heavy atom. The number of aryl methyl sites for hydroxylation is 2. The van der Waals surface area contributed by atoms with Crippen molar-refractivity contribution in [2.24, 2.45) is 5.10 Å². The predicted molar refractivity (Wildman–Crippen MR) is 131 cm³/mol. The zero-order valence-electron chi connectivity index (χ0n) is 20.2. The highest BCUT2D eigenvalue weighted by atomic mass is 32.2. The highest BCUT2D eigenvalue weighted by Gasteiger charge is 2.44. The van der Waals surface area contributed by atoms with E-state index in [1.165, 1.54) is 12.1 Å². The summed E-state index contributed by atoms with van der Waals surface area (Å²) in [6.45, 7) is 5.74. The summed E-state index contributed by atoms with van der Waals surface area (Å²) in [5.41, 5.74) is 3.38. The molecule has 35 heavy (non-hydrogen) atoms. The van der Waals surface area contributed by atoms with Gasteiger partial charge in [0.2, 0.25) is 11.8 Å². The van der Waals surface area contributed by atoms with Gasteiger partial charge in [0.1, 0.15) is 6.04 Å². The fourth-order valence-corrected chi connectivity index (χ4v) is 6.11. The summed E-state index contributed by atoms with van der Waals surface area (Å²) >= 11 is 0. The number of alkyl halides is 2. The summed E-state index contributed by atoms with van der Waals surface area (Å²) in [7, 11) is -4.07. The predicted octanol–water partition coefficient (Wildman–Crippen LogP) is 5.05. The maximum atomic E-state index is 13.9. The first-order valence-corrected chi connectivity index (χ1v) is 13.3. The van der Waals surface area contributed by atoms with E-state index in [9.17, 15) is 22.0 Å². The van der Waals surface area contributed by atoms with E-state index in [0.717, 1.165) is 21.1 Å². The van der Waals surface area contributed by atoms with Crippen LogP contribution in [0.5, 0.6) is 0 Å². The number of hydrogen-bond donors (Lipinski definition) is 0. The minimum atomic E-state index is -4.07. The maximum Gasteiger partial charge on any atom is 0.279 e. The van der Waals surface area contributed by atoms with E-state index in [-0.39, 0.29) is 43.5 Å². The summed E-state index contributed by atoms with van der Waals surface area (Å²) in [5, 5.41) is 4.23. The number of hydrogen-bond acceptors (Lipinski definition) is 4. The molecule has 0 radical (unpaired) electrons. The van der Waals surface area contributed by atoms with Gasteiger partial charge in [0.15, 0.2) is 0 Å². The Bertz CT molecular complexity index is 1200. The Labute approximate surface area is 205 Å². The number of carbonyl (C=O) groups excluding carboxylic acids is 1. The summed E-state index contributed by atoms with van der Waals surface area (Å²) in [6, 6.07) is 12.6. The van der Waals surface area contributed by atoms with Crippen LogP contribution in [0, 0.1) is 13.8 Å². The second-order valence-electron chi connectivity index (χ2n) is 9.68. The minimum absolute atomic E-state index is 0.0572. The zero-order valence-corrected chi connectivity index (χ0v) is 21.1. The van der Waals surface area contributed by atoms with Crippen LogP contribution in [0.3, 0.4) is 0 Å². The molecule has 1 saturated carbocycles. The highest BCUT2D eigenvalue weighted by molar-refractivity contribution is 7.89. The van der Waals surface area contributed by atoms with Crippen LogP contribution in [-0.4, -0.2) is 47.4 Å². The lowest BCUT2D eigenvalue weighted by molar-refractivity contribution is -0.141.